The number of nitrogens with one attached hydrogen (secondary N) is 1. The van der Waals surface area contributed by atoms with E-state index in [-0.39, 0.29) is 12.7 Å². The lowest BCUT2D eigenvalue weighted by atomic mass is 10.0. The summed E-state index contributed by atoms with van der Waals surface area (Å²) in [5.74, 6) is 1.44. The Morgan fingerprint density at radius 3 is 2.21 bits per heavy atom. The van der Waals surface area contributed by atoms with Gasteiger partial charge < -0.3 is 15.2 Å². The molecule has 1 unspecified atom stereocenters. The lowest BCUT2D eigenvalue weighted by Gasteiger charge is -2.21. The van der Waals surface area contributed by atoms with Crippen LogP contribution in [0.15, 0.2) is 24.3 Å². The van der Waals surface area contributed by atoms with Crippen LogP contribution in [0.5, 0.6) is 5.75 Å². The summed E-state index contributed by atoms with van der Waals surface area (Å²) in [5, 5.41) is 12.5. The van der Waals surface area contributed by atoms with E-state index >= 15 is 0 Å². The van der Waals surface area contributed by atoms with Crippen molar-refractivity contribution in [1.82, 2.24) is 5.32 Å². The highest BCUT2D eigenvalue weighted by molar-refractivity contribution is 5.27. The summed E-state index contributed by atoms with van der Waals surface area (Å²) < 4.78 is 5.62. The molecule has 1 aromatic rings. The molecular weight excluding hydrogens is 238 g/mol. The normalized spacial score (nSPS) is 13.0. The number of rotatable bonds is 8. The minimum absolute atomic E-state index is 0.207. The van der Waals surface area contributed by atoms with Crippen molar-refractivity contribution in [3.05, 3.63) is 29.8 Å². The molecule has 0 heterocycles. The molecule has 0 aliphatic rings. The summed E-state index contributed by atoms with van der Waals surface area (Å²) in [6, 6.07) is 8.54. The molecule has 1 aromatic carbocycles. The minimum Gasteiger partial charge on any atom is -0.491 e. The van der Waals surface area contributed by atoms with Crippen LogP contribution in [0.25, 0.3) is 0 Å². The maximum Gasteiger partial charge on any atom is 0.119 e. The van der Waals surface area contributed by atoms with E-state index in [0.717, 1.165) is 18.7 Å². The van der Waals surface area contributed by atoms with E-state index < -0.39 is 0 Å². The van der Waals surface area contributed by atoms with Crippen LogP contribution >= 0.6 is 0 Å². The lowest BCUT2D eigenvalue weighted by Crippen LogP contribution is -2.34. The summed E-state index contributed by atoms with van der Waals surface area (Å²) in [4.78, 5) is 0. The monoisotopic (exact) mass is 265 g/mol. The maximum absolute atomic E-state index is 9.05. The Balaban J connectivity index is 2.48. The van der Waals surface area contributed by atoms with E-state index in [1.165, 1.54) is 5.56 Å². The number of ether oxygens (including phenoxy) is 1. The molecule has 0 aliphatic carbocycles. The average Bonchev–Trinajstić information content (AvgIpc) is 2.35. The standard InChI is InChI=1S/C16H27NO2/c1-12(2)16(9-10-18)17-11-14-5-7-15(8-6-14)19-13(3)4/h5-8,12-13,16-18H,9-11H2,1-4H3. The molecule has 3 nitrogen and oxygen atoms in total. The molecule has 2 N–H and O–H groups in total. The van der Waals surface area contributed by atoms with Gasteiger partial charge in [-0.15, -0.1) is 0 Å². The Morgan fingerprint density at radius 1 is 1.11 bits per heavy atom. The van der Waals surface area contributed by atoms with Gasteiger partial charge in [0.1, 0.15) is 5.75 Å². The molecule has 0 saturated heterocycles. The molecule has 1 atom stereocenters. The molecule has 108 valence electrons. The number of aliphatic hydroxyl groups is 1. The van der Waals surface area contributed by atoms with Crippen molar-refractivity contribution in [3.63, 3.8) is 0 Å². The van der Waals surface area contributed by atoms with Crippen molar-refractivity contribution in [2.24, 2.45) is 5.92 Å². The van der Waals surface area contributed by atoms with Gasteiger partial charge in [0.2, 0.25) is 0 Å². The number of hydrogen-bond donors (Lipinski definition) is 2. The largest absolute Gasteiger partial charge is 0.491 e. The van der Waals surface area contributed by atoms with Gasteiger partial charge >= 0.3 is 0 Å². The van der Waals surface area contributed by atoms with E-state index in [4.69, 9.17) is 9.84 Å². The fourth-order valence-corrected chi connectivity index (χ4v) is 2.02. The first-order valence-corrected chi connectivity index (χ1v) is 7.12. The Labute approximate surface area is 117 Å². The Hall–Kier alpha value is -1.06. The summed E-state index contributed by atoms with van der Waals surface area (Å²) in [6.07, 6.45) is 1.01. The fourth-order valence-electron chi connectivity index (χ4n) is 2.02. The van der Waals surface area contributed by atoms with Gasteiger partial charge in [0, 0.05) is 19.2 Å². The second kappa shape index (κ2) is 8.18. The van der Waals surface area contributed by atoms with Crippen LogP contribution in [0, 0.1) is 5.92 Å². The quantitative estimate of drug-likeness (QED) is 0.759. The molecule has 0 radical (unpaired) electrons. The predicted octanol–water partition coefficient (Wildman–Crippen LogP) is 2.97. The highest BCUT2D eigenvalue weighted by Gasteiger charge is 2.11. The van der Waals surface area contributed by atoms with Gasteiger partial charge in [-0.25, -0.2) is 0 Å². The molecule has 1 rings (SSSR count). The van der Waals surface area contributed by atoms with E-state index in [1.807, 2.05) is 26.0 Å². The van der Waals surface area contributed by atoms with Gasteiger partial charge in [-0.1, -0.05) is 26.0 Å². The average molecular weight is 265 g/mol. The van der Waals surface area contributed by atoms with Crippen molar-refractivity contribution in [3.8, 4) is 5.75 Å². The van der Waals surface area contributed by atoms with Crippen LogP contribution < -0.4 is 10.1 Å². The molecule has 3 heteroatoms. The molecule has 0 amide bonds. The van der Waals surface area contributed by atoms with E-state index in [1.54, 1.807) is 0 Å². The Morgan fingerprint density at radius 2 is 1.74 bits per heavy atom. The second-order valence-corrected chi connectivity index (χ2v) is 5.55. The summed E-state index contributed by atoms with van der Waals surface area (Å²) >= 11 is 0. The molecule has 0 bridgehead atoms. The maximum atomic E-state index is 9.05. The van der Waals surface area contributed by atoms with Crippen LogP contribution in [-0.2, 0) is 6.54 Å². The molecule has 0 fully saturated rings. The van der Waals surface area contributed by atoms with E-state index in [0.29, 0.717) is 12.0 Å². The zero-order valence-electron chi connectivity index (χ0n) is 12.5. The number of benzene rings is 1. The third-order valence-electron chi connectivity index (χ3n) is 3.11. The van der Waals surface area contributed by atoms with Crippen molar-refractivity contribution in [2.75, 3.05) is 6.61 Å². The molecule has 0 spiro atoms. The van der Waals surface area contributed by atoms with Crippen molar-refractivity contribution < 1.29 is 9.84 Å². The van der Waals surface area contributed by atoms with Crippen LogP contribution in [0.2, 0.25) is 0 Å². The first-order valence-electron chi connectivity index (χ1n) is 7.12. The van der Waals surface area contributed by atoms with Gasteiger partial charge in [-0.2, -0.15) is 0 Å². The zero-order valence-corrected chi connectivity index (χ0v) is 12.5. The number of aliphatic hydroxyl groups excluding tert-OH is 1. The molecule has 0 aromatic heterocycles. The third kappa shape index (κ3) is 6.08. The van der Waals surface area contributed by atoms with Crippen LogP contribution in [0.4, 0.5) is 0 Å². The van der Waals surface area contributed by atoms with Gasteiger partial charge in [0.05, 0.1) is 6.10 Å². The fraction of sp³-hybridized carbons (Fsp3) is 0.625. The van der Waals surface area contributed by atoms with E-state index in [9.17, 15) is 0 Å². The SMILES string of the molecule is CC(C)Oc1ccc(CNC(CCO)C(C)C)cc1. The minimum atomic E-state index is 0.207. The highest BCUT2D eigenvalue weighted by atomic mass is 16.5. The van der Waals surface area contributed by atoms with Gasteiger partial charge in [-0.3, -0.25) is 0 Å². The lowest BCUT2D eigenvalue weighted by molar-refractivity contribution is 0.242. The molecular formula is C16H27NO2. The molecule has 0 saturated carbocycles. The Bertz CT molecular complexity index is 346. The van der Waals surface area contributed by atoms with Gasteiger partial charge in [-0.05, 0) is 43.9 Å². The first kappa shape index (κ1) is 16.0. The smallest absolute Gasteiger partial charge is 0.119 e. The van der Waals surface area contributed by atoms with Crippen LogP contribution in [0.3, 0.4) is 0 Å². The van der Waals surface area contributed by atoms with Gasteiger partial charge in [0.25, 0.3) is 0 Å². The van der Waals surface area contributed by atoms with Gasteiger partial charge in [0.15, 0.2) is 0 Å². The zero-order chi connectivity index (χ0) is 14.3. The molecule has 19 heavy (non-hydrogen) atoms. The third-order valence-corrected chi connectivity index (χ3v) is 3.11. The number of hydrogen-bond acceptors (Lipinski definition) is 3. The summed E-state index contributed by atoms with van der Waals surface area (Å²) in [7, 11) is 0. The summed E-state index contributed by atoms with van der Waals surface area (Å²) in [6.45, 7) is 9.46. The van der Waals surface area contributed by atoms with Crippen LogP contribution in [-0.4, -0.2) is 23.9 Å². The van der Waals surface area contributed by atoms with Crippen LogP contribution in [0.1, 0.15) is 39.7 Å². The van der Waals surface area contributed by atoms with Crippen molar-refractivity contribution in [1.29, 1.82) is 0 Å². The summed E-state index contributed by atoms with van der Waals surface area (Å²) in [5.41, 5.74) is 1.24. The van der Waals surface area contributed by atoms with Crippen molar-refractivity contribution in [2.45, 2.75) is 52.8 Å². The molecule has 0 aliphatic heterocycles. The Kier molecular flexibility index (Phi) is 6.89. The van der Waals surface area contributed by atoms with E-state index in [2.05, 4.69) is 31.3 Å². The van der Waals surface area contributed by atoms with Crippen molar-refractivity contribution >= 4 is 0 Å². The second-order valence-electron chi connectivity index (χ2n) is 5.55. The first-order chi connectivity index (χ1) is 9.02. The topological polar surface area (TPSA) is 41.5 Å². The predicted molar refractivity (Wildman–Crippen MR) is 79.4 cm³/mol. The highest BCUT2D eigenvalue weighted by Crippen LogP contribution is 2.14.